The van der Waals surface area contributed by atoms with E-state index >= 15 is 0 Å². The van der Waals surface area contributed by atoms with Gasteiger partial charge in [-0.2, -0.15) is 13.2 Å². The van der Waals surface area contributed by atoms with Crippen LogP contribution >= 0.6 is 0 Å². The fraction of sp³-hybridized carbons (Fsp3) is 0.143. The molecule has 25 heavy (non-hydrogen) atoms. The van der Waals surface area contributed by atoms with Crippen molar-refractivity contribution in [3.05, 3.63) is 58.0 Å². The molecule has 11 heteroatoms. The molecule has 1 amide bonds. The molecule has 0 bridgehead atoms. The molecule has 0 saturated heterocycles. The lowest BCUT2D eigenvalue weighted by Crippen LogP contribution is -2.22. The van der Waals surface area contributed by atoms with E-state index in [1.54, 1.807) is 0 Å². The second-order valence-corrected chi connectivity index (χ2v) is 4.64. The van der Waals surface area contributed by atoms with Gasteiger partial charge in [0.1, 0.15) is 11.4 Å². The number of nitro groups is 1. The summed E-state index contributed by atoms with van der Waals surface area (Å²) in [5.41, 5.74) is -1.38. The highest BCUT2D eigenvalue weighted by molar-refractivity contribution is 6.06. The first-order chi connectivity index (χ1) is 11.7. The predicted molar refractivity (Wildman–Crippen MR) is 76.8 cm³/mol. The number of rotatable bonds is 5. The minimum absolute atomic E-state index is 0.391. The second kappa shape index (κ2) is 7.11. The molecule has 0 aliphatic heterocycles. The van der Waals surface area contributed by atoms with Crippen molar-refractivity contribution in [3.8, 4) is 5.88 Å². The number of nitrogens with one attached hydrogen (secondary N) is 1. The molecule has 0 spiro atoms. The number of alkyl halides is 3. The molecule has 0 aliphatic carbocycles. The van der Waals surface area contributed by atoms with Gasteiger partial charge in [0.05, 0.1) is 10.6 Å². The van der Waals surface area contributed by atoms with Crippen LogP contribution in [0.2, 0.25) is 0 Å². The molecule has 7 nitrogen and oxygen atoms in total. The Morgan fingerprint density at radius 3 is 2.68 bits per heavy atom. The van der Waals surface area contributed by atoms with Crippen LogP contribution in [-0.4, -0.2) is 28.6 Å². The summed E-state index contributed by atoms with van der Waals surface area (Å²) < 4.78 is 54.8. The van der Waals surface area contributed by atoms with Gasteiger partial charge < -0.3 is 10.1 Å². The van der Waals surface area contributed by atoms with Crippen LogP contribution in [0.15, 0.2) is 36.5 Å². The molecular formula is C14H9F4N3O4. The molecule has 0 atom stereocenters. The minimum Gasteiger partial charge on any atom is -0.467 e. The number of hydrogen-bond acceptors (Lipinski definition) is 5. The van der Waals surface area contributed by atoms with Crippen LogP contribution in [0.4, 0.5) is 28.9 Å². The maximum absolute atomic E-state index is 13.7. The number of hydrogen-bond donors (Lipinski definition) is 1. The molecule has 1 heterocycles. The van der Waals surface area contributed by atoms with Crippen molar-refractivity contribution in [3.63, 3.8) is 0 Å². The molecule has 1 N–H and O–H groups in total. The first kappa shape index (κ1) is 18.1. The Morgan fingerprint density at radius 1 is 1.32 bits per heavy atom. The fourth-order valence-electron chi connectivity index (χ4n) is 1.74. The summed E-state index contributed by atoms with van der Waals surface area (Å²) in [6, 6.07) is 4.83. The van der Waals surface area contributed by atoms with Crippen LogP contribution < -0.4 is 10.1 Å². The van der Waals surface area contributed by atoms with Crippen LogP contribution in [0.1, 0.15) is 10.4 Å². The first-order valence-corrected chi connectivity index (χ1v) is 6.57. The van der Waals surface area contributed by atoms with E-state index in [0.29, 0.717) is 0 Å². The molecule has 0 unspecified atom stereocenters. The molecule has 0 saturated carbocycles. The summed E-state index contributed by atoms with van der Waals surface area (Å²) in [7, 11) is 0. The van der Waals surface area contributed by atoms with Crippen molar-refractivity contribution < 1.29 is 32.0 Å². The van der Waals surface area contributed by atoms with Gasteiger partial charge >= 0.3 is 6.18 Å². The van der Waals surface area contributed by atoms with Gasteiger partial charge in [-0.15, -0.1) is 0 Å². The average molecular weight is 359 g/mol. The topological polar surface area (TPSA) is 94.4 Å². The van der Waals surface area contributed by atoms with Gasteiger partial charge in [-0.25, -0.2) is 9.37 Å². The van der Waals surface area contributed by atoms with Crippen molar-refractivity contribution in [2.24, 2.45) is 0 Å². The number of halogens is 4. The first-order valence-electron chi connectivity index (χ1n) is 6.57. The van der Waals surface area contributed by atoms with Gasteiger partial charge in [-0.05, 0) is 18.2 Å². The van der Waals surface area contributed by atoms with Crippen LogP contribution in [0.5, 0.6) is 5.88 Å². The average Bonchev–Trinajstić information content (AvgIpc) is 2.54. The standard InChI is InChI=1S/C14H9F4N3O4/c15-10-4-3-8(21(23)24)6-11(10)20-12(22)9-2-1-5-19-13(9)25-7-14(16,17)18/h1-6H,7H2,(H,20,22). The van der Waals surface area contributed by atoms with Gasteiger partial charge in [0.2, 0.25) is 5.88 Å². The molecular weight excluding hydrogens is 350 g/mol. The number of nitro benzene ring substituents is 1. The maximum atomic E-state index is 13.7. The SMILES string of the molecule is O=C(Nc1cc([N+](=O)[O-])ccc1F)c1cccnc1OCC(F)(F)F. The minimum atomic E-state index is -4.64. The third-order valence-corrected chi connectivity index (χ3v) is 2.80. The predicted octanol–water partition coefficient (Wildman–Crippen LogP) is 3.32. The van der Waals surface area contributed by atoms with E-state index in [1.807, 2.05) is 5.32 Å². The van der Waals surface area contributed by atoms with Gasteiger partial charge in [-0.3, -0.25) is 14.9 Å². The zero-order valence-electron chi connectivity index (χ0n) is 12.2. The molecule has 132 valence electrons. The highest BCUT2D eigenvalue weighted by Crippen LogP contribution is 2.24. The van der Waals surface area contributed by atoms with Crippen molar-refractivity contribution in [2.75, 3.05) is 11.9 Å². The molecule has 1 aromatic carbocycles. The van der Waals surface area contributed by atoms with E-state index in [1.165, 1.54) is 6.07 Å². The highest BCUT2D eigenvalue weighted by Gasteiger charge is 2.29. The Kier molecular flexibility index (Phi) is 5.15. The summed E-state index contributed by atoms with van der Waals surface area (Å²) in [5.74, 6) is -2.60. The van der Waals surface area contributed by atoms with Crippen molar-refractivity contribution in [1.29, 1.82) is 0 Å². The Balaban J connectivity index is 2.24. The second-order valence-electron chi connectivity index (χ2n) is 4.64. The largest absolute Gasteiger partial charge is 0.467 e. The van der Waals surface area contributed by atoms with Gasteiger partial charge in [-0.1, -0.05) is 0 Å². The van der Waals surface area contributed by atoms with Crippen LogP contribution in [-0.2, 0) is 0 Å². The van der Waals surface area contributed by atoms with E-state index in [9.17, 15) is 32.5 Å². The number of pyridine rings is 1. The molecule has 2 aromatic rings. The van der Waals surface area contributed by atoms with Crippen molar-refractivity contribution in [1.82, 2.24) is 4.98 Å². The number of aromatic nitrogens is 1. The smallest absolute Gasteiger partial charge is 0.422 e. The molecule has 0 aliphatic rings. The Labute approximate surface area is 137 Å². The van der Waals surface area contributed by atoms with Gasteiger partial charge in [0.15, 0.2) is 6.61 Å². The van der Waals surface area contributed by atoms with E-state index in [0.717, 1.165) is 30.5 Å². The number of carbonyl (C=O) groups excluding carboxylic acids is 1. The lowest BCUT2D eigenvalue weighted by Gasteiger charge is -2.12. The highest BCUT2D eigenvalue weighted by atomic mass is 19.4. The lowest BCUT2D eigenvalue weighted by atomic mass is 10.2. The van der Waals surface area contributed by atoms with E-state index < -0.39 is 52.2 Å². The maximum Gasteiger partial charge on any atom is 0.422 e. The van der Waals surface area contributed by atoms with Crippen LogP contribution in [0.3, 0.4) is 0 Å². The zero-order valence-corrected chi connectivity index (χ0v) is 12.2. The molecule has 1 aromatic heterocycles. The lowest BCUT2D eigenvalue weighted by molar-refractivity contribution is -0.384. The summed E-state index contributed by atoms with van der Waals surface area (Å²) >= 11 is 0. The Morgan fingerprint density at radius 2 is 2.04 bits per heavy atom. The monoisotopic (exact) mass is 359 g/mol. The number of anilines is 1. The number of carbonyl (C=O) groups is 1. The normalized spacial score (nSPS) is 11.0. The van der Waals surface area contributed by atoms with Crippen molar-refractivity contribution >= 4 is 17.3 Å². The van der Waals surface area contributed by atoms with Crippen molar-refractivity contribution in [2.45, 2.75) is 6.18 Å². The number of nitrogens with zero attached hydrogens (tertiary/aromatic N) is 2. The third kappa shape index (κ3) is 4.86. The number of benzene rings is 1. The number of non-ortho nitro benzene ring substituents is 1. The zero-order chi connectivity index (χ0) is 18.6. The fourth-order valence-corrected chi connectivity index (χ4v) is 1.74. The molecule has 0 fully saturated rings. The van der Waals surface area contributed by atoms with Crippen LogP contribution in [0.25, 0.3) is 0 Å². The van der Waals surface area contributed by atoms with Gasteiger partial charge in [0.25, 0.3) is 11.6 Å². The van der Waals surface area contributed by atoms with E-state index in [4.69, 9.17) is 0 Å². The summed E-state index contributed by atoms with van der Waals surface area (Å²) in [6.45, 7) is -1.67. The molecule has 2 rings (SSSR count). The molecule has 0 radical (unpaired) electrons. The van der Waals surface area contributed by atoms with E-state index in [-0.39, 0.29) is 0 Å². The summed E-state index contributed by atoms with van der Waals surface area (Å²) in [4.78, 5) is 25.6. The Bertz CT molecular complexity index is 811. The third-order valence-electron chi connectivity index (χ3n) is 2.80. The Hall–Kier alpha value is -3.24. The quantitative estimate of drug-likeness (QED) is 0.502. The number of amides is 1. The number of ether oxygens (including phenoxy) is 1. The summed E-state index contributed by atoms with van der Waals surface area (Å²) in [6.07, 6.45) is -3.53. The van der Waals surface area contributed by atoms with Gasteiger partial charge in [0, 0.05) is 18.3 Å². The summed E-state index contributed by atoms with van der Waals surface area (Å²) in [5, 5.41) is 12.7. The van der Waals surface area contributed by atoms with Crippen LogP contribution in [0, 0.1) is 15.9 Å². The van der Waals surface area contributed by atoms with E-state index in [2.05, 4.69) is 9.72 Å².